The molecule has 2 aromatic heterocycles. The molecule has 130 valence electrons. The summed E-state index contributed by atoms with van der Waals surface area (Å²) in [5, 5.41) is 8.74. The molecule has 2 heterocycles. The number of nitrogens with zero attached hydrogens (tertiary/aromatic N) is 5. The van der Waals surface area contributed by atoms with Gasteiger partial charge in [-0.1, -0.05) is 29.5 Å². The van der Waals surface area contributed by atoms with E-state index in [1.54, 1.807) is 0 Å². The lowest BCUT2D eigenvalue weighted by molar-refractivity contribution is 0.238. The summed E-state index contributed by atoms with van der Waals surface area (Å²) in [6.45, 7) is 2.17. The third kappa shape index (κ3) is 2.99. The topological polar surface area (TPSA) is 62.6 Å². The first-order valence-corrected chi connectivity index (χ1v) is 8.06. The Morgan fingerprint density at radius 3 is 2.40 bits per heavy atom. The van der Waals surface area contributed by atoms with Crippen molar-refractivity contribution in [2.24, 2.45) is 0 Å². The zero-order valence-electron chi connectivity index (χ0n) is 14.4. The molecule has 0 spiro atoms. The van der Waals surface area contributed by atoms with Crippen LogP contribution in [0, 0.1) is 0 Å². The van der Waals surface area contributed by atoms with Crippen LogP contribution < -0.4 is 0 Å². The van der Waals surface area contributed by atoms with Crippen molar-refractivity contribution in [3.05, 3.63) is 54.4 Å². The van der Waals surface area contributed by atoms with Gasteiger partial charge in [-0.05, 0) is 45.3 Å². The maximum absolute atomic E-state index is 4.81. The van der Waals surface area contributed by atoms with E-state index in [4.69, 9.17) is 4.98 Å². The van der Waals surface area contributed by atoms with Crippen molar-refractivity contribution in [1.29, 1.82) is 0 Å². The summed E-state index contributed by atoms with van der Waals surface area (Å²) in [4.78, 5) is 10.4. The van der Waals surface area contributed by atoms with E-state index in [-0.39, 0.29) is 24.5 Å². The summed E-state index contributed by atoms with van der Waals surface area (Å²) in [5.74, 6) is 0.896. The minimum absolute atomic E-state index is 0. The highest BCUT2D eigenvalue weighted by molar-refractivity contribution is 5.85. The maximum atomic E-state index is 4.81. The van der Waals surface area contributed by atoms with E-state index in [0.717, 1.165) is 27.9 Å². The van der Waals surface area contributed by atoms with Crippen LogP contribution >= 0.6 is 12.4 Å². The first kappa shape index (κ1) is 17.4. The number of nitrogens with one attached hydrogen (secondary N) is 1. The quantitative estimate of drug-likeness (QED) is 0.609. The third-order valence-corrected chi connectivity index (χ3v) is 4.60. The van der Waals surface area contributed by atoms with Crippen LogP contribution in [0.2, 0.25) is 0 Å². The number of likely N-dealkylation sites (N-methyl/N-ethyl adjacent to an activating group) is 1. The lowest BCUT2D eigenvalue weighted by atomic mass is 10.1. The molecule has 0 radical (unpaired) electrons. The molecule has 0 fully saturated rings. The molecule has 2 aromatic carbocycles. The predicted molar refractivity (Wildman–Crippen MR) is 102 cm³/mol. The van der Waals surface area contributed by atoms with Crippen molar-refractivity contribution >= 4 is 34.5 Å². The number of halogens is 1. The normalized spacial score (nSPS) is 13.9. The third-order valence-electron chi connectivity index (χ3n) is 4.60. The van der Waals surface area contributed by atoms with Crippen LogP contribution in [0.15, 0.2) is 48.5 Å². The van der Waals surface area contributed by atoms with Gasteiger partial charge in [-0.3, -0.25) is 0 Å². The Hall–Kier alpha value is -2.44. The van der Waals surface area contributed by atoms with Crippen LogP contribution in [0.5, 0.6) is 0 Å². The van der Waals surface area contributed by atoms with E-state index < -0.39 is 0 Å². The van der Waals surface area contributed by atoms with E-state index in [2.05, 4.69) is 41.2 Å². The second-order valence-electron chi connectivity index (χ2n) is 6.31. The molecular weight excluding hydrogens is 336 g/mol. The second kappa shape index (κ2) is 6.82. The second-order valence-corrected chi connectivity index (χ2v) is 6.31. The van der Waals surface area contributed by atoms with Crippen LogP contribution in [0.1, 0.15) is 18.8 Å². The van der Waals surface area contributed by atoms with Gasteiger partial charge in [0.25, 0.3) is 0 Å². The molecule has 0 bridgehead atoms. The fourth-order valence-corrected chi connectivity index (χ4v) is 3.04. The first-order valence-electron chi connectivity index (χ1n) is 8.06. The van der Waals surface area contributed by atoms with Gasteiger partial charge in [0, 0.05) is 6.04 Å². The Kier molecular flexibility index (Phi) is 4.74. The summed E-state index contributed by atoms with van der Waals surface area (Å²) in [7, 11) is 4.14. The number of hydrogen-bond acceptors (Lipinski definition) is 4. The Bertz CT molecular complexity index is 956. The molecule has 4 rings (SSSR count). The summed E-state index contributed by atoms with van der Waals surface area (Å²) < 4.78 is 1.97. The van der Waals surface area contributed by atoms with Gasteiger partial charge in [-0.25, -0.2) is 9.67 Å². The lowest BCUT2D eigenvalue weighted by Crippen LogP contribution is -2.36. The smallest absolute Gasteiger partial charge is 0.133 e. The summed E-state index contributed by atoms with van der Waals surface area (Å²) in [6.07, 6.45) is 0. The highest BCUT2D eigenvalue weighted by Gasteiger charge is 2.28. The number of H-pyrrole nitrogens is 1. The molecular formula is C18H21ClN6. The average molecular weight is 357 g/mol. The zero-order chi connectivity index (χ0) is 16.7. The standard InChI is InChI=1S/C18H20N6.ClH/c1-12(23(2)3)17(18-19-13-8-4-5-9-14(13)20-18)24-16-11-7-6-10-15(16)21-22-24;/h4-12,17H,1-3H3,(H,19,20);1H. The highest BCUT2D eigenvalue weighted by Crippen LogP contribution is 2.27. The first-order chi connectivity index (χ1) is 11.6. The monoisotopic (exact) mass is 356 g/mol. The van der Waals surface area contributed by atoms with E-state index in [0.29, 0.717) is 0 Å². The van der Waals surface area contributed by atoms with Crippen LogP contribution in [0.4, 0.5) is 0 Å². The van der Waals surface area contributed by atoms with Gasteiger partial charge in [-0.2, -0.15) is 0 Å². The van der Waals surface area contributed by atoms with Crippen molar-refractivity contribution < 1.29 is 0 Å². The molecule has 0 aliphatic carbocycles. The molecule has 0 aliphatic heterocycles. The number of fused-ring (bicyclic) bond motifs is 2. The van der Waals surface area contributed by atoms with Crippen LogP contribution in [-0.4, -0.2) is 50.0 Å². The Morgan fingerprint density at radius 1 is 1.00 bits per heavy atom. The molecule has 0 saturated carbocycles. The number of imidazole rings is 1. The number of benzene rings is 2. The van der Waals surface area contributed by atoms with E-state index >= 15 is 0 Å². The number of para-hydroxylation sites is 3. The summed E-state index contributed by atoms with van der Waals surface area (Å²) in [6, 6.07) is 16.2. The molecule has 25 heavy (non-hydrogen) atoms. The predicted octanol–water partition coefficient (Wildman–Crippen LogP) is 3.27. The van der Waals surface area contributed by atoms with Gasteiger partial charge in [0.1, 0.15) is 17.4 Å². The van der Waals surface area contributed by atoms with Crippen molar-refractivity contribution in [2.75, 3.05) is 14.1 Å². The number of hydrogen-bond donors (Lipinski definition) is 1. The number of aromatic amines is 1. The molecule has 0 amide bonds. The minimum Gasteiger partial charge on any atom is -0.340 e. The van der Waals surface area contributed by atoms with Gasteiger partial charge in [0.05, 0.1) is 16.6 Å². The molecule has 0 saturated heterocycles. The SMILES string of the molecule is CC(C(c1nc2ccccc2[nH]1)n1nnc2ccccc21)N(C)C.Cl. The van der Waals surface area contributed by atoms with Crippen molar-refractivity contribution in [3.8, 4) is 0 Å². The fourth-order valence-electron chi connectivity index (χ4n) is 3.04. The molecule has 1 N–H and O–H groups in total. The van der Waals surface area contributed by atoms with E-state index in [9.17, 15) is 0 Å². The van der Waals surface area contributed by atoms with Gasteiger partial charge in [0.15, 0.2) is 0 Å². The van der Waals surface area contributed by atoms with Crippen LogP contribution in [-0.2, 0) is 0 Å². The fraction of sp³-hybridized carbons (Fsp3) is 0.278. The Balaban J connectivity index is 0.00000182. The largest absolute Gasteiger partial charge is 0.340 e. The van der Waals surface area contributed by atoms with Gasteiger partial charge < -0.3 is 9.88 Å². The zero-order valence-corrected chi connectivity index (χ0v) is 15.2. The van der Waals surface area contributed by atoms with Gasteiger partial charge in [-0.15, -0.1) is 17.5 Å². The molecule has 2 atom stereocenters. The summed E-state index contributed by atoms with van der Waals surface area (Å²) in [5.41, 5.74) is 3.90. The van der Waals surface area contributed by atoms with E-state index in [1.165, 1.54) is 0 Å². The highest BCUT2D eigenvalue weighted by atomic mass is 35.5. The Morgan fingerprint density at radius 2 is 1.68 bits per heavy atom. The lowest BCUT2D eigenvalue weighted by Gasteiger charge is -2.28. The average Bonchev–Trinajstić information content (AvgIpc) is 3.19. The van der Waals surface area contributed by atoms with Crippen molar-refractivity contribution in [2.45, 2.75) is 19.0 Å². The molecule has 7 heteroatoms. The van der Waals surface area contributed by atoms with Gasteiger partial charge >= 0.3 is 0 Å². The maximum Gasteiger partial charge on any atom is 0.133 e. The summed E-state index contributed by atoms with van der Waals surface area (Å²) >= 11 is 0. The molecule has 2 unspecified atom stereocenters. The molecule has 0 aliphatic rings. The van der Waals surface area contributed by atoms with E-state index in [1.807, 2.05) is 53.2 Å². The minimum atomic E-state index is -0.0557. The molecule has 4 aromatic rings. The number of rotatable bonds is 4. The van der Waals surface area contributed by atoms with Crippen molar-refractivity contribution in [1.82, 2.24) is 29.9 Å². The van der Waals surface area contributed by atoms with Crippen LogP contribution in [0.25, 0.3) is 22.1 Å². The van der Waals surface area contributed by atoms with Crippen molar-refractivity contribution in [3.63, 3.8) is 0 Å². The Labute approximate surface area is 152 Å². The van der Waals surface area contributed by atoms with Crippen LogP contribution in [0.3, 0.4) is 0 Å². The number of aromatic nitrogens is 5. The van der Waals surface area contributed by atoms with Gasteiger partial charge in [0.2, 0.25) is 0 Å². The molecule has 6 nitrogen and oxygen atoms in total.